The lowest BCUT2D eigenvalue weighted by atomic mass is 10.1. The summed E-state index contributed by atoms with van der Waals surface area (Å²) >= 11 is 0. The Morgan fingerprint density at radius 1 is 1.24 bits per heavy atom. The molecule has 0 bridgehead atoms. The number of aromatic amines is 1. The van der Waals surface area contributed by atoms with Gasteiger partial charge in [0.15, 0.2) is 0 Å². The number of halogens is 3. The average Bonchev–Trinajstić information content (AvgIpc) is 3.20. The number of ether oxygens (including phenoxy) is 1. The first-order valence-electron chi connectivity index (χ1n) is 7.76. The van der Waals surface area contributed by atoms with Crippen molar-refractivity contribution in [1.82, 2.24) is 9.97 Å². The Labute approximate surface area is 141 Å². The summed E-state index contributed by atoms with van der Waals surface area (Å²) in [5.41, 5.74) is 1.60. The summed E-state index contributed by atoms with van der Waals surface area (Å²) in [5.74, 6) is 1.19. The summed E-state index contributed by atoms with van der Waals surface area (Å²) in [7, 11) is 1.58. The summed E-state index contributed by atoms with van der Waals surface area (Å²) in [4.78, 5) is 6.88. The van der Waals surface area contributed by atoms with E-state index in [9.17, 15) is 13.2 Å². The number of para-hydroxylation sites is 1. The number of hydrogen-bond acceptors (Lipinski definition) is 4. The van der Waals surface area contributed by atoms with Crippen LogP contribution in [0.3, 0.4) is 0 Å². The molecule has 5 nitrogen and oxygen atoms in total. The number of fused-ring (bicyclic) bond motifs is 2. The van der Waals surface area contributed by atoms with E-state index >= 15 is 0 Å². The van der Waals surface area contributed by atoms with Gasteiger partial charge in [-0.1, -0.05) is 12.1 Å². The fraction of sp³-hybridized carbons (Fsp3) is 0.235. The van der Waals surface area contributed by atoms with Gasteiger partial charge in [-0.15, -0.1) is 0 Å². The first-order chi connectivity index (χ1) is 12.0. The van der Waals surface area contributed by atoms with Gasteiger partial charge in [0.25, 0.3) is 0 Å². The van der Waals surface area contributed by atoms with Gasteiger partial charge in [0.05, 0.1) is 23.2 Å². The maximum Gasteiger partial charge on any atom is 0.418 e. The summed E-state index contributed by atoms with van der Waals surface area (Å²) in [6, 6.07) is 7.30. The second kappa shape index (κ2) is 5.58. The number of hydrogen-bond donors (Lipinski definition) is 3. The number of nitrogens with zero attached hydrogens (tertiary/aromatic N) is 1. The highest BCUT2D eigenvalue weighted by molar-refractivity contribution is 5.95. The van der Waals surface area contributed by atoms with Gasteiger partial charge in [0, 0.05) is 31.4 Å². The number of anilines is 3. The van der Waals surface area contributed by atoms with E-state index in [2.05, 4.69) is 20.6 Å². The monoisotopic (exact) mass is 348 g/mol. The molecule has 0 saturated carbocycles. The minimum absolute atomic E-state index is 0.0232. The zero-order valence-corrected chi connectivity index (χ0v) is 13.3. The lowest BCUT2D eigenvalue weighted by Crippen LogP contribution is -2.05. The molecule has 3 aromatic rings. The molecule has 1 aromatic carbocycles. The van der Waals surface area contributed by atoms with E-state index < -0.39 is 11.7 Å². The molecule has 0 aliphatic carbocycles. The largest absolute Gasteiger partial charge is 0.491 e. The smallest absolute Gasteiger partial charge is 0.418 e. The number of rotatable bonds is 3. The Balaban J connectivity index is 1.78. The van der Waals surface area contributed by atoms with E-state index in [-0.39, 0.29) is 11.0 Å². The van der Waals surface area contributed by atoms with Gasteiger partial charge in [0.2, 0.25) is 0 Å². The Morgan fingerprint density at radius 2 is 2.08 bits per heavy atom. The molecule has 0 amide bonds. The average molecular weight is 348 g/mol. The molecule has 0 atom stereocenters. The van der Waals surface area contributed by atoms with Crippen molar-refractivity contribution in [2.45, 2.75) is 12.6 Å². The standard InChI is InChI=1S/C17H15F3N4O/c1-21-12-7-13(23-11-4-2-3-9-5-6-25-15(9)11)24-16-14(12)10(8-22-16)17(18,19)20/h2-4,7-8H,5-6H2,1H3,(H3,21,22,23,24). The molecular formula is C17H15F3N4O. The van der Waals surface area contributed by atoms with Gasteiger partial charge >= 0.3 is 6.18 Å². The van der Waals surface area contributed by atoms with Gasteiger partial charge in [-0.2, -0.15) is 13.2 Å². The normalized spacial score (nSPS) is 13.6. The van der Waals surface area contributed by atoms with Crippen LogP contribution >= 0.6 is 0 Å². The van der Waals surface area contributed by atoms with Crippen molar-refractivity contribution >= 4 is 28.2 Å². The Hall–Kier alpha value is -2.90. The fourth-order valence-corrected chi connectivity index (χ4v) is 3.07. The predicted octanol–water partition coefficient (Wildman–Crippen LogP) is 4.30. The van der Waals surface area contributed by atoms with Gasteiger partial charge in [-0.3, -0.25) is 0 Å². The third kappa shape index (κ3) is 2.63. The molecule has 4 rings (SSSR count). The van der Waals surface area contributed by atoms with Crippen molar-refractivity contribution in [3.05, 3.63) is 41.6 Å². The number of aromatic nitrogens is 2. The number of H-pyrrole nitrogens is 1. The molecule has 3 heterocycles. The summed E-state index contributed by atoms with van der Waals surface area (Å²) in [6.07, 6.45) is -2.68. The Kier molecular flexibility index (Phi) is 3.48. The van der Waals surface area contributed by atoms with Gasteiger partial charge in [-0.05, 0) is 11.6 Å². The molecular weight excluding hydrogens is 333 g/mol. The number of nitrogens with one attached hydrogen (secondary N) is 3. The van der Waals surface area contributed by atoms with Crippen molar-refractivity contribution < 1.29 is 17.9 Å². The minimum atomic E-state index is -4.45. The van der Waals surface area contributed by atoms with Crippen LogP contribution in [0, 0.1) is 0 Å². The molecule has 0 radical (unpaired) electrons. The molecule has 1 aliphatic heterocycles. The minimum Gasteiger partial charge on any atom is -0.491 e. The third-order valence-corrected chi connectivity index (χ3v) is 4.19. The van der Waals surface area contributed by atoms with Crippen LogP contribution in [-0.4, -0.2) is 23.6 Å². The first-order valence-corrected chi connectivity index (χ1v) is 7.76. The maximum atomic E-state index is 13.2. The molecule has 8 heteroatoms. The van der Waals surface area contributed by atoms with Gasteiger partial charge in [-0.25, -0.2) is 4.98 Å². The van der Waals surface area contributed by atoms with Crippen LogP contribution in [-0.2, 0) is 12.6 Å². The topological polar surface area (TPSA) is 62.0 Å². The van der Waals surface area contributed by atoms with E-state index in [1.807, 2.05) is 18.2 Å². The third-order valence-electron chi connectivity index (χ3n) is 4.19. The fourth-order valence-electron chi connectivity index (χ4n) is 3.07. The van der Waals surface area contributed by atoms with Crippen LogP contribution in [0.5, 0.6) is 5.75 Å². The second-order valence-electron chi connectivity index (χ2n) is 5.75. The lowest BCUT2D eigenvalue weighted by molar-refractivity contribution is -0.136. The molecule has 2 aromatic heterocycles. The SMILES string of the molecule is CNc1cc(Nc2cccc3c2OCC3)nc2[nH]cc(C(F)(F)F)c12. The summed E-state index contributed by atoms with van der Waals surface area (Å²) < 4.78 is 45.1. The van der Waals surface area contributed by atoms with Crippen LogP contribution in [0.2, 0.25) is 0 Å². The first kappa shape index (κ1) is 15.6. The van der Waals surface area contributed by atoms with Crippen molar-refractivity contribution in [2.24, 2.45) is 0 Å². The zero-order chi connectivity index (χ0) is 17.6. The molecule has 0 unspecified atom stereocenters. The van der Waals surface area contributed by atoms with E-state index in [0.29, 0.717) is 18.1 Å². The van der Waals surface area contributed by atoms with Crippen LogP contribution in [0.4, 0.5) is 30.4 Å². The van der Waals surface area contributed by atoms with Crippen molar-refractivity contribution in [1.29, 1.82) is 0 Å². The molecule has 3 N–H and O–H groups in total. The predicted molar refractivity (Wildman–Crippen MR) is 89.6 cm³/mol. The number of pyridine rings is 1. The van der Waals surface area contributed by atoms with Crippen LogP contribution in [0.1, 0.15) is 11.1 Å². The highest BCUT2D eigenvalue weighted by atomic mass is 19.4. The van der Waals surface area contributed by atoms with Crippen molar-refractivity contribution in [3.63, 3.8) is 0 Å². The number of benzene rings is 1. The molecule has 130 valence electrons. The molecule has 0 spiro atoms. The molecule has 25 heavy (non-hydrogen) atoms. The van der Waals surface area contributed by atoms with E-state index in [1.165, 1.54) is 0 Å². The van der Waals surface area contributed by atoms with Gasteiger partial charge in [0.1, 0.15) is 17.2 Å². The quantitative estimate of drug-likeness (QED) is 0.660. The van der Waals surface area contributed by atoms with Crippen LogP contribution in [0.15, 0.2) is 30.5 Å². The van der Waals surface area contributed by atoms with Crippen molar-refractivity contribution in [2.75, 3.05) is 24.3 Å². The summed E-state index contributed by atoms with van der Waals surface area (Å²) in [6.45, 7) is 0.619. The Bertz CT molecular complexity index is 949. The second-order valence-corrected chi connectivity index (χ2v) is 5.75. The van der Waals surface area contributed by atoms with Gasteiger partial charge < -0.3 is 20.4 Å². The number of alkyl halides is 3. The maximum absolute atomic E-state index is 13.2. The van der Waals surface area contributed by atoms with Crippen LogP contribution < -0.4 is 15.4 Å². The van der Waals surface area contributed by atoms with Crippen molar-refractivity contribution in [3.8, 4) is 5.75 Å². The molecule has 0 saturated heterocycles. The highest BCUT2D eigenvalue weighted by Crippen LogP contribution is 2.40. The molecule has 0 fully saturated rings. The lowest BCUT2D eigenvalue weighted by Gasteiger charge is -2.13. The van der Waals surface area contributed by atoms with E-state index in [4.69, 9.17) is 4.74 Å². The molecule has 1 aliphatic rings. The van der Waals surface area contributed by atoms with Crippen LogP contribution in [0.25, 0.3) is 11.0 Å². The summed E-state index contributed by atoms with van der Waals surface area (Å²) in [5, 5.41) is 5.98. The Morgan fingerprint density at radius 3 is 2.84 bits per heavy atom. The van der Waals surface area contributed by atoms with E-state index in [1.54, 1.807) is 13.1 Å². The zero-order valence-electron chi connectivity index (χ0n) is 13.3. The van der Waals surface area contributed by atoms with E-state index in [0.717, 1.165) is 29.6 Å². The highest BCUT2D eigenvalue weighted by Gasteiger charge is 2.35.